The highest BCUT2D eigenvalue weighted by Gasteiger charge is 2.57. The molecule has 2 saturated heterocycles. The molecular weight excluding hydrogens is 489 g/mol. The van der Waals surface area contributed by atoms with Gasteiger partial charge in [-0.3, -0.25) is 0 Å². The molecule has 0 bridgehead atoms. The highest BCUT2D eigenvalue weighted by atomic mass is 127. The molecule has 0 aromatic carbocycles. The van der Waals surface area contributed by atoms with Crippen LogP contribution < -0.4 is 0 Å². The SMILES string of the molecule is OC[C@H]1O[C@H](O[C@]2(CCl)O[C@H](CCl)[C@H](I)[C@@H]2O)[C@H](O)[C@@H](O)[C@H]1Cl. The predicted octanol–water partition coefficient (Wildman–Crippen LogP) is -0.213. The Kier molecular flexibility index (Phi) is 7.48. The Balaban J connectivity index is 2.18. The van der Waals surface area contributed by atoms with Gasteiger partial charge in [0.1, 0.15) is 24.4 Å². The highest BCUT2D eigenvalue weighted by molar-refractivity contribution is 14.1. The van der Waals surface area contributed by atoms with Gasteiger partial charge in [0.25, 0.3) is 0 Å². The van der Waals surface area contributed by atoms with Crippen LogP contribution in [0.5, 0.6) is 0 Å². The van der Waals surface area contributed by atoms with Crippen molar-refractivity contribution >= 4 is 57.4 Å². The van der Waals surface area contributed by atoms with Crippen molar-refractivity contribution in [3.05, 3.63) is 0 Å². The molecule has 2 heterocycles. The molecule has 0 aromatic rings. The molecule has 0 amide bonds. The van der Waals surface area contributed by atoms with Gasteiger partial charge in [0.05, 0.1) is 27.9 Å². The first-order chi connectivity index (χ1) is 10.8. The number of rotatable bonds is 5. The van der Waals surface area contributed by atoms with E-state index < -0.39 is 54.6 Å². The van der Waals surface area contributed by atoms with Crippen LogP contribution in [0, 0.1) is 0 Å². The van der Waals surface area contributed by atoms with Crippen molar-refractivity contribution in [1.29, 1.82) is 0 Å². The monoisotopic (exact) mass is 506 g/mol. The second-order valence-electron chi connectivity index (χ2n) is 5.41. The third-order valence-corrected chi connectivity index (χ3v) is 6.61. The molecule has 0 aliphatic carbocycles. The third kappa shape index (κ3) is 3.87. The van der Waals surface area contributed by atoms with Gasteiger partial charge in [-0.2, -0.15) is 0 Å². The molecule has 2 fully saturated rings. The molecule has 2 aliphatic heterocycles. The molecule has 11 heteroatoms. The van der Waals surface area contributed by atoms with Crippen molar-refractivity contribution < 1.29 is 34.6 Å². The van der Waals surface area contributed by atoms with Crippen LogP contribution >= 0.6 is 57.4 Å². The Hall–Kier alpha value is 1.32. The van der Waals surface area contributed by atoms with Gasteiger partial charge >= 0.3 is 0 Å². The Labute approximate surface area is 161 Å². The van der Waals surface area contributed by atoms with Crippen LogP contribution in [0.1, 0.15) is 0 Å². The van der Waals surface area contributed by atoms with Gasteiger partial charge in [-0.1, -0.05) is 22.6 Å². The number of hydrogen-bond acceptors (Lipinski definition) is 7. The average molecular weight is 508 g/mol. The summed E-state index contributed by atoms with van der Waals surface area (Å²) in [4.78, 5) is 0. The molecular formula is C12H18Cl3IO7. The van der Waals surface area contributed by atoms with E-state index in [4.69, 9.17) is 49.0 Å². The molecule has 9 atom stereocenters. The van der Waals surface area contributed by atoms with E-state index in [1.54, 1.807) is 0 Å². The van der Waals surface area contributed by atoms with Crippen molar-refractivity contribution in [1.82, 2.24) is 0 Å². The molecule has 2 aliphatic rings. The zero-order valence-electron chi connectivity index (χ0n) is 11.8. The van der Waals surface area contributed by atoms with Crippen molar-refractivity contribution in [2.75, 3.05) is 18.4 Å². The Bertz CT molecular complexity index is 407. The summed E-state index contributed by atoms with van der Waals surface area (Å²) in [5.41, 5.74) is 0. The normalized spacial score (nSPS) is 51.1. The zero-order valence-corrected chi connectivity index (χ0v) is 16.2. The molecule has 4 N–H and O–H groups in total. The van der Waals surface area contributed by atoms with Crippen LogP contribution in [-0.2, 0) is 14.2 Å². The lowest BCUT2D eigenvalue weighted by Gasteiger charge is -2.43. The zero-order chi connectivity index (χ0) is 17.4. The van der Waals surface area contributed by atoms with Crippen LogP contribution in [0.3, 0.4) is 0 Å². The number of aliphatic hydroxyl groups is 4. The first kappa shape index (κ1) is 20.6. The van der Waals surface area contributed by atoms with Crippen molar-refractivity contribution in [3.8, 4) is 0 Å². The van der Waals surface area contributed by atoms with Crippen molar-refractivity contribution in [2.45, 2.75) is 51.9 Å². The first-order valence-corrected chi connectivity index (χ1v) is 9.62. The highest BCUT2D eigenvalue weighted by Crippen LogP contribution is 2.40. The van der Waals surface area contributed by atoms with Gasteiger partial charge in [0.15, 0.2) is 6.29 Å². The maximum absolute atomic E-state index is 10.4. The van der Waals surface area contributed by atoms with Gasteiger partial charge in [-0.15, -0.1) is 34.8 Å². The van der Waals surface area contributed by atoms with E-state index >= 15 is 0 Å². The average Bonchev–Trinajstić information content (AvgIpc) is 2.80. The largest absolute Gasteiger partial charge is 0.394 e. The summed E-state index contributed by atoms with van der Waals surface area (Å²) in [6.45, 7) is -0.478. The van der Waals surface area contributed by atoms with E-state index in [1.165, 1.54) is 0 Å². The van der Waals surface area contributed by atoms with E-state index in [0.717, 1.165) is 0 Å². The summed E-state index contributed by atoms with van der Waals surface area (Å²) in [5.74, 6) is -1.79. The fourth-order valence-corrected chi connectivity index (χ4v) is 4.60. The van der Waals surface area contributed by atoms with Gasteiger partial charge < -0.3 is 34.6 Å². The van der Waals surface area contributed by atoms with Crippen molar-refractivity contribution in [2.24, 2.45) is 0 Å². The Morgan fingerprint density at radius 1 is 1.13 bits per heavy atom. The number of alkyl halides is 4. The number of hydrogen-bond donors (Lipinski definition) is 4. The summed E-state index contributed by atoms with van der Waals surface area (Å²) in [6.07, 6.45) is -6.87. The topological polar surface area (TPSA) is 109 Å². The Morgan fingerprint density at radius 3 is 2.26 bits per heavy atom. The summed E-state index contributed by atoms with van der Waals surface area (Å²) < 4.78 is 16.2. The van der Waals surface area contributed by atoms with Gasteiger partial charge in [0.2, 0.25) is 5.79 Å². The molecule has 0 unspecified atom stereocenters. The van der Waals surface area contributed by atoms with E-state index in [2.05, 4.69) is 0 Å². The Morgan fingerprint density at radius 2 is 1.78 bits per heavy atom. The van der Waals surface area contributed by atoms with Crippen molar-refractivity contribution in [3.63, 3.8) is 0 Å². The van der Waals surface area contributed by atoms with E-state index in [9.17, 15) is 20.4 Å². The quantitative estimate of drug-likeness (QED) is 0.301. The maximum atomic E-state index is 10.4. The molecule has 7 nitrogen and oxygen atoms in total. The maximum Gasteiger partial charge on any atom is 0.212 e. The molecule has 0 radical (unpaired) electrons. The van der Waals surface area contributed by atoms with Gasteiger partial charge in [0, 0.05) is 5.88 Å². The first-order valence-electron chi connectivity index (χ1n) is 6.87. The van der Waals surface area contributed by atoms with Crippen LogP contribution in [0.15, 0.2) is 0 Å². The predicted molar refractivity (Wildman–Crippen MR) is 91.3 cm³/mol. The summed E-state index contributed by atoms with van der Waals surface area (Å²) in [6, 6.07) is 0. The molecule has 136 valence electrons. The molecule has 0 aromatic heterocycles. The van der Waals surface area contributed by atoms with E-state index in [-0.39, 0.29) is 15.7 Å². The molecule has 23 heavy (non-hydrogen) atoms. The minimum Gasteiger partial charge on any atom is -0.394 e. The third-order valence-electron chi connectivity index (χ3n) is 3.91. The molecule has 0 spiro atoms. The van der Waals surface area contributed by atoms with Crippen LogP contribution in [-0.4, -0.2) is 90.7 Å². The van der Waals surface area contributed by atoms with Crippen LogP contribution in [0.4, 0.5) is 0 Å². The minimum atomic E-state index is -1.66. The summed E-state index contributed by atoms with van der Waals surface area (Å²) >= 11 is 19.6. The second kappa shape index (κ2) is 8.34. The number of aliphatic hydroxyl groups excluding tert-OH is 4. The van der Waals surface area contributed by atoms with Gasteiger partial charge in [-0.25, -0.2) is 0 Å². The fraction of sp³-hybridized carbons (Fsp3) is 1.00. The molecule has 0 saturated carbocycles. The number of ether oxygens (including phenoxy) is 3. The lowest BCUT2D eigenvalue weighted by molar-refractivity contribution is -0.357. The van der Waals surface area contributed by atoms with E-state index in [1.807, 2.05) is 22.6 Å². The molecule has 2 rings (SSSR count). The minimum absolute atomic E-state index is 0.117. The van der Waals surface area contributed by atoms with Crippen LogP contribution in [0.2, 0.25) is 0 Å². The van der Waals surface area contributed by atoms with Crippen LogP contribution in [0.25, 0.3) is 0 Å². The lowest BCUT2D eigenvalue weighted by Crippen LogP contribution is -2.61. The summed E-state index contributed by atoms with van der Waals surface area (Å²) in [5, 5.41) is 38.7. The summed E-state index contributed by atoms with van der Waals surface area (Å²) in [7, 11) is 0. The van der Waals surface area contributed by atoms with Gasteiger partial charge in [-0.05, 0) is 0 Å². The second-order valence-corrected chi connectivity index (χ2v) is 7.93. The fourth-order valence-electron chi connectivity index (χ4n) is 2.53. The van der Waals surface area contributed by atoms with E-state index in [0.29, 0.717) is 0 Å². The standard InChI is InChI=1S/C12H18Cl3IO7/c13-1-4-7(16)10(20)12(3-14,22-4)23-11-9(19)8(18)6(15)5(2-17)21-11/h4-11,17-20H,1-3H2/t4-,5-,6+,7+,8+,9-,10+,11-,12+/m1/s1. The lowest BCUT2D eigenvalue weighted by atomic mass is 10.0. The number of halogens is 4. The smallest absolute Gasteiger partial charge is 0.212 e.